The summed E-state index contributed by atoms with van der Waals surface area (Å²) in [6.07, 6.45) is 1.61. The average molecular weight is 541 g/mol. The Morgan fingerprint density at radius 2 is 1.90 bits per heavy atom. The number of ether oxygens (including phenoxy) is 2. The predicted octanol–water partition coefficient (Wildman–Crippen LogP) is 4.66. The number of fused-ring (bicyclic) bond motifs is 1. The van der Waals surface area contributed by atoms with Crippen LogP contribution >= 0.6 is 0 Å². The van der Waals surface area contributed by atoms with Crippen LogP contribution in [-0.2, 0) is 19.8 Å². The number of methoxy groups -OCH3 is 1. The lowest BCUT2D eigenvalue weighted by Gasteiger charge is -2.27. The van der Waals surface area contributed by atoms with Gasteiger partial charge in [0.2, 0.25) is 0 Å². The first-order valence-electron chi connectivity index (χ1n) is 12.3. The van der Waals surface area contributed by atoms with Gasteiger partial charge in [-0.1, -0.05) is 0 Å². The van der Waals surface area contributed by atoms with Gasteiger partial charge in [0.15, 0.2) is 5.69 Å². The summed E-state index contributed by atoms with van der Waals surface area (Å²) in [7, 11) is 2.97. The van der Waals surface area contributed by atoms with Crippen LogP contribution in [0, 0.1) is 6.92 Å². The van der Waals surface area contributed by atoms with E-state index in [1.807, 2.05) is 18.4 Å². The van der Waals surface area contributed by atoms with Gasteiger partial charge in [-0.05, 0) is 37.6 Å². The van der Waals surface area contributed by atoms with E-state index in [1.54, 1.807) is 54.9 Å². The number of aryl methyl sites for hydroxylation is 2. The molecule has 0 radical (unpaired) electrons. The van der Waals surface area contributed by atoms with Crippen molar-refractivity contribution >= 4 is 5.91 Å². The summed E-state index contributed by atoms with van der Waals surface area (Å²) in [4.78, 5) is 24.3. The van der Waals surface area contributed by atoms with E-state index in [9.17, 15) is 18.0 Å². The lowest BCUT2D eigenvalue weighted by atomic mass is 9.97. The molecule has 39 heavy (non-hydrogen) atoms. The molecule has 1 unspecified atom stereocenters. The van der Waals surface area contributed by atoms with Gasteiger partial charge >= 0.3 is 6.18 Å². The van der Waals surface area contributed by atoms with E-state index in [1.165, 1.54) is 13.2 Å². The van der Waals surface area contributed by atoms with Crippen molar-refractivity contribution in [2.45, 2.75) is 32.6 Å². The van der Waals surface area contributed by atoms with Crippen molar-refractivity contribution in [2.24, 2.45) is 7.05 Å². The van der Waals surface area contributed by atoms with Crippen molar-refractivity contribution in [1.29, 1.82) is 0 Å². The summed E-state index contributed by atoms with van der Waals surface area (Å²) in [5.74, 6) is 1.05. The molecule has 5 rings (SSSR count). The fourth-order valence-electron chi connectivity index (χ4n) is 4.77. The molecule has 1 atom stereocenters. The SMILES string of the molecule is COc1ccnc(C(C)N2CCOc3c(cc(Cn4ccnc4C)cc3-c3cn(C)nc3C(F)(F)F)C2=O)c1. The Morgan fingerprint density at radius 3 is 2.59 bits per heavy atom. The molecule has 204 valence electrons. The minimum atomic E-state index is -4.70. The summed E-state index contributed by atoms with van der Waals surface area (Å²) in [6.45, 7) is 4.26. The van der Waals surface area contributed by atoms with E-state index in [2.05, 4.69) is 15.1 Å². The number of pyridine rings is 1. The lowest BCUT2D eigenvalue weighted by molar-refractivity contribution is -0.140. The number of alkyl halides is 3. The summed E-state index contributed by atoms with van der Waals surface area (Å²) >= 11 is 0. The number of carbonyl (C=O) groups excluding carboxylic acids is 1. The highest BCUT2D eigenvalue weighted by Crippen LogP contribution is 2.43. The molecule has 12 heteroatoms. The van der Waals surface area contributed by atoms with Crippen molar-refractivity contribution < 1.29 is 27.4 Å². The number of benzene rings is 1. The van der Waals surface area contributed by atoms with E-state index in [0.717, 1.165) is 10.5 Å². The maximum absolute atomic E-state index is 14.0. The third-order valence-corrected chi connectivity index (χ3v) is 6.77. The summed E-state index contributed by atoms with van der Waals surface area (Å²) < 4.78 is 56.3. The third-order valence-electron chi connectivity index (χ3n) is 6.77. The molecule has 0 aliphatic carbocycles. The standard InChI is InChI=1S/C27H27F3N6O3/c1-16(23-13-19(38-4)5-6-32-23)36-9-10-39-24-20(22-15-34(3)33-25(22)27(28,29)30)11-18(12-21(24)26(36)37)14-35-8-7-31-17(35)2/h5-8,11-13,15-16H,9-10,14H2,1-4H3. The number of imidazole rings is 1. The first-order valence-corrected chi connectivity index (χ1v) is 12.3. The van der Waals surface area contributed by atoms with Crippen LogP contribution in [0.3, 0.4) is 0 Å². The van der Waals surface area contributed by atoms with Gasteiger partial charge in [-0.15, -0.1) is 0 Å². The fraction of sp³-hybridized carbons (Fsp3) is 0.333. The Bertz CT molecular complexity index is 1530. The number of carbonyl (C=O) groups is 1. The molecule has 0 fully saturated rings. The zero-order valence-electron chi connectivity index (χ0n) is 21.9. The van der Waals surface area contributed by atoms with Crippen LogP contribution in [0.1, 0.15) is 46.1 Å². The van der Waals surface area contributed by atoms with Gasteiger partial charge in [-0.25, -0.2) is 4.98 Å². The van der Waals surface area contributed by atoms with Crippen molar-refractivity contribution in [2.75, 3.05) is 20.3 Å². The molecular weight excluding hydrogens is 513 g/mol. The molecule has 1 amide bonds. The molecule has 0 saturated carbocycles. The Kier molecular flexibility index (Phi) is 6.79. The van der Waals surface area contributed by atoms with E-state index in [4.69, 9.17) is 9.47 Å². The number of aromatic nitrogens is 5. The zero-order chi connectivity index (χ0) is 27.9. The molecule has 9 nitrogen and oxygen atoms in total. The summed E-state index contributed by atoms with van der Waals surface area (Å²) in [5.41, 5.74) is 0.354. The smallest absolute Gasteiger partial charge is 0.435 e. The topological polar surface area (TPSA) is 87.3 Å². The minimum absolute atomic E-state index is 0.0850. The second-order valence-corrected chi connectivity index (χ2v) is 9.33. The van der Waals surface area contributed by atoms with Crippen LogP contribution in [0.5, 0.6) is 11.5 Å². The van der Waals surface area contributed by atoms with Gasteiger partial charge in [0.1, 0.15) is 23.9 Å². The molecule has 0 saturated heterocycles. The second-order valence-electron chi connectivity index (χ2n) is 9.33. The third kappa shape index (κ3) is 5.06. The van der Waals surface area contributed by atoms with Crippen molar-refractivity contribution in [3.05, 3.63) is 77.4 Å². The molecule has 4 aromatic rings. The van der Waals surface area contributed by atoms with Crippen LogP contribution < -0.4 is 9.47 Å². The lowest BCUT2D eigenvalue weighted by Crippen LogP contribution is -2.35. The van der Waals surface area contributed by atoms with Crippen LogP contribution in [0.25, 0.3) is 11.1 Å². The highest BCUT2D eigenvalue weighted by Gasteiger charge is 2.39. The van der Waals surface area contributed by atoms with Crippen molar-refractivity contribution in [3.8, 4) is 22.6 Å². The first-order chi connectivity index (χ1) is 18.6. The van der Waals surface area contributed by atoms with Crippen LogP contribution in [0.2, 0.25) is 0 Å². The maximum atomic E-state index is 14.0. The Labute approximate surface area is 222 Å². The highest BCUT2D eigenvalue weighted by atomic mass is 19.4. The molecule has 0 bridgehead atoms. The van der Waals surface area contributed by atoms with E-state index in [0.29, 0.717) is 23.6 Å². The first kappa shape index (κ1) is 26.3. The number of halogens is 3. The van der Waals surface area contributed by atoms with Gasteiger partial charge in [0.25, 0.3) is 5.91 Å². The number of hydrogen-bond donors (Lipinski definition) is 0. The second kappa shape index (κ2) is 10.1. The monoisotopic (exact) mass is 540 g/mol. The Balaban J connectivity index is 1.65. The van der Waals surface area contributed by atoms with Gasteiger partial charge in [0, 0.05) is 55.6 Å². The average Bonchev–Trinajstić information content (AvgIpc) is 3.46. The number of amides is 1. The van der Waals surface area contributed by atoms with Gasteiger partial charge in [-0.3, -0.25) is 14.5 Å². The highest BCUT2D eigenvalue weighted by molar-refractivity contribution is 6.00. The normalized spacial score (nSPS) is 14.5. The van der Waals surface area contributed by atoms with Gasteiger partial charge in [-0.2, -0.15) is 18.3 Å². The van der Waals surface area contributed by atoms with Crippen molar-refractivity contribution in [3.63, 3.8) is 0 Å². The summed E-state index contributed by atoms with van der Waals surface area (Å²) in [5, 5.41) is 3.67. The largest absolute Gasteiger partial charge is 0.497 e. The molecule has 0 N–H and O–H groups in total. The predicted molar refractivity (Wildman–Crippen MR) is 135 cm³/mol. The zero-order valence-corrected chi connectivity index (χ0v) is 21.9. The van der Waals surface area contributed by atoms with Gasteiger partial charge in [0.05, 0.1) is 31.0 Å². The molecule has 1 aliphatic rings. The van der Waals surface area contributed by atoms with Gasteiger partial charge < -0.3 is 18.9 Å². The fourth-order valence-corrected chi connectivity index (χ4v) is 4.77. The minimum Gasteiger partial charge on any atom is -0.497 e. The summed E-state index contributed by atoms with van der Waals surface area (Å²) in [6, 6.07) is 6.31. The molecular formula is C27H27F3N6O3. The Hall–Kier alpha value is -4.35. The number of hydrogen-bond acceptors (Lipinski definition) is 6. The molecule has 3 aromatic heterocycles. The van der Waals surface area contributed by atoms with Crippen LogP contribution in [0.15, 0.2) is 49.1 Å². The molecule has 1 aliphatic heterocycles. The maximum Gasteiger partial charge on any atom is 0.435 e. The quantitative estimate of drug-likeness (QED) is 0.354. The van der Waals surface area contributed by atoms with Crippen LogP contribution in [-0.4, -0.2) is 55.4 Å². The number of rotatable bonds is 6. The Morgan fingerprint density at radius 1 is 1.13 bits per heavy atom. The van der Waals surface area contributed by atoms with E-state index >= 15 is 0 Å². The van der Waals surface area contributed by atoms with E-state index < -0.39 is 17.9 Å². The molecule has 1 aromatic carbocycles. The van der Waals surface area contributed by atoms with Crippen LogP contribution in [0.4, 0.5) is 13.2 Å². The van der Waals surface area contributed by atoms with Crippen molar-refractivity contribution in [1.82, 2.24) is 29.2 Å². The van der Waals surface area contributed by atoms with E-state index in [-0.39, 0.29) is 41.5 Å². The number of nitrogens with zero attached hydrogens (tertiary/aromatic N) is 6. The molecule has 0 spiro atoms. The molecule has 4 heterocycles.